The molecule has 0 fully saturated rings. The van der Waals surface area contributed by atoms with Gasteiger partial charge in [-0.1, -0.05) is 20.8 Å². The Labute approximate surface area is 133 Å². The maximum absolute atomic E-state index is 11.1. The maximum Gasteiger partial charge on any atom is 0.306 e. The summed E-state index contributed by atoms with van der Waals surface area (Å²) in [6.45, 7) is 7.16. The largest absolute Gasteiger partial charge is 0.489 e. The third-order valence-corrected chi connectivity index (χ3v) is 4.21. The van der Waals surface area contributed by atoms with Crippen LogP contribution in [0.25, 0.3) is 0 Å². The van der Waals surface area contributed by atoms with Gasteiger partial charge in [-0.2, -0.15) is 0 Å². The van der Waals surface area contributed by atoms with Crippen LogP contribution in [0.2, 0.25) is 0 Å². The highest BCUT2D eigenvalue weighted by Crippen LogP contribution is 2.45. The average Bonchev–Trinajstić information content (AvgIpc) is 2.64. The highest BCUT2D eigenvalue weighted by Gasteiger charge is 2.25. The number of hydrogen-bond acceptors (Lipinski definition) is 3. The van der Waals surface area contributed by atoms with Crippen LogP contribution in [0, 0.1) is 5.92 Å². The van der Waals surface area contributed by atoms with E-state index in [1.54, 1.807) is 6.92 Å². The minimum absolute atomic E-state index is 0.240. The summed E-state index contributed by atoms with van der Waals surface area (Å²) in [5.74, 6) is 0.532. The van der Waals surface area contributed by atoms with Gasteiger partial charge in [-0.3, -0.25) is 4.79 Å². The molecule has 0 aliphatic carbocycles. The topological polar surface area (TPSA) is 55.8 Å². The summed E-state index contributed by atoms with van der Waals surface area (Å²) in [5.41, 5.74) is 2.07. The van der Waals surface area contributed by atoms with Crippen molar-refractivity contribution in [3.05, 3.63) is 21.7 Å². The molecule has 1 N–H and O–H groups in total. The summed E-state index contributed by atoms with van der Waals surface area (Å²) in [7, 11) is 0. The van der Waals surface area contributed by atoms with Crippen LogP contribution in [-0.4, -0.2) is 24.3 Å². The Bertz CT molecular complexity index is 540. The van der Waals surface area contributed by atoms with Crippen LogP contribution in [0.4, 0.5) is 0 Å². The summed E-state index contributed by atoms with van der Waals surface area (Å²) in [6.07, 6.45) is 1.33. The van der Waals surface area contributed by atoms with Gasteiger partial charge in [0.2, 0.25) is 0 Å². The Balaban J connectivity index is 2.52. The minimum Gasteiger partial charge on any atom is -0.489 e. The number of fused-ring (bicyclic) bond motifs is 1. The van der Waals surface area contributed by atoms with Crippen molar-refractivity contribution in [3.63, 3.8) is 0 Å². The number of benzene rings is 1. The van der Waals surface area contributed by atoms with Gasteiger partial charge in [0.25, 0.3) is 0 Å². The van der Waals surface area contributed by atoms with Gasteiger partial charge in [0.1, 0.15) is 0 Å². The molecule has 1 aliphatic rings. The number of carbonyl (C=O) groups is 1. The molecule has 2 rings (SSSR count). The lowest BCUT2D eigenvalue weighted by molar-refractivity contribution is -0.141. The van der Waals surface area contributed by atoms with Gasteiger partial charge in [-0.15, -0.1) is 0 Å². The third kappa shape index (κ3) is 3.51. The molecule has 0 saturated carbocycles. The van der Waals surface area contributed by atoms with Crippen LogP contribution in [0.15, 0.2) is 10.5 Å². The van der Waals surface area contributed by atoms with Gasteiger partial charge in [0.05, 0.1) is 23.6 Å². The van der Waals surface area contributed by atoms with Gasteiger partial charge >= 0.3 is 5.97 Å². The molecule has 0 bridgehead atoms. The molecule has 0 saturated heterocycles. The molecule has 0 amide bonds. The van der Waals surface area contributed by atoms with Crippen LogP contribution in [0.3, 0.4) is 0 Å². The molecule has 1 aromatic carbocycles. The highest BCUT2D eigenvalue weighted by molar-refractivity contribution is 9.10. The fraction of sp³-hybridized carbons (Fsp3) is 0.562. The molecule has 5 heteroatoms. The normalized spacial score (nSPS) is 15.7. The first-order chi connectivity index (χ1) is 9.91. The summed E-state index contributed by atoms with van der Waals surface area (Å²) in [6, 6.07) is 1.97. The van der Waals surface area contributed by atoms with Crippen molar-refractivity contribution in [2.24, 2.45) is 5.92 Å². The van der Waals surface area contributed by atoms with Gasteiger partial charge in [-0.05, 0) is 39.9 Å². The van der Waals surface area contributed by atoms with Crippen LogP contribution in [-0.2, 0) is 11.2 Å². The lowest BCUT2D eigenvalue weighted by atomic mass is 9.90. The van der Waals surface area contributed by atoms with Crippen LogP contribution >= 0.6 is 15.9 Å². The van der Waals surface area contributed by atoms with E-state index < -0.39 is 11.9 Å². The van der Waals surface area contributed by atoms with Gasteiger partial charge < -0.3 is 14.6 Å². The van der Waals surface area contributed by atoms with Crippen LogP contribution in [0.1, 0.15) is 44.2 Å². The van der Waals surface area contributed by atoms with E-state index in [0.29, 0.717) is 19.6 Å². The number of carboxylic acid groups (broad SMARTS) is 1. The second-order valence-electron chi connectivity index (χ2n) is 5.74. The van der Waals surface area contributed by atoms with E-state index in [4.69, 9.17) is 14.6 Å². The average molecular weight is 357 g/mol. The zero-order chi connectivity index (χ0) is 15.6. The first-order valence-corrected chi connectivity index (χ1v) is 8.04. The maximum atomic E-state index is 11.1. The monoisotopic (exact) mass is 356 g/mol. The van der Waals surface area contributed by atoms with E-state index in [1.165, 1.54) is 0 Å². The third-order valence-electron chi connectivity index (χ3n) is 3.62. The molecule has 1 unspecified atom stereocenters. The molecule has 1 atom stereocenters. The smallest absolute Gasteiger partial charge is 0.306 e. The SMILES string of the molecule is CC(Cc1cc(Br)c2c(c1C(C)C)OCCCO2)C(=O)O. The molecular formula is C16H21BrO4. The molecule has 1 heterocycles. The molecule has 4 nitrogen and oxygen atoms in total. The Morgan fingerprint density at radius 2 is 1.90 bits per heavy atom. The van der Waals surface area contributed by atoms with Crippen molar-refractivity contribution in [1.82, 2.24) is 0 Å². The molecular weight excluding hydrogens is 336 g/mol. The number of aliphatic carboxylic acids is 1. The van der Waals surface area contributed by atoms with Crippen molar-refractivity contribution in [1.29, 1.82) is 0 Å². The van der Waals surface area contributed by atoms with E-state index in [1.807, 2.05) is 6.07 Å². The number of hydrogen-bond donors (Lipinski definition) is 1. The van der Waals surface area contributed by atoms with E-state index in [2.05, 4.69) is 29.8 Å². The van der Waals surface area contributed by atoms with Gasteiger partial charge in [0.15, 0.2) is 11.5 Å². The van der Waals surface area contributed by atoms with Crippen molar-refractivity contribution in [2.75, 3.05) is 13.2 Å². The summed E-state index contributed by atoms with van der Waals surface area (Å²) in [5, 5.41) is 9.16. The number of halogens is 1. The molecule has 0 aromatic heterocycles. The zero-order valence-electron chi connectivity index (χ0n) is 12.6. The van der Waals surface area contributed by atoms with Gasteiger partial charge in [0, 0.05) is 12.0 Å². The lowest BCUT2D eigenvalue weighted by Crippen LogP contribution is -2.14. The second kappa shape index (κ2) is 6.69. The Hall–Kier alpha value is -1.23. The summed E-state index contributed by atoms with van der Waals surface area (Å²) in [4.78, 5) is 11.1. The number of rotatable bonds is 4. The van der Waals surface area contributed by atoms with Crippen molar-refractivity contribution < 1.29 is 19.4 Å². The van der Waals surface area contributed by atoms with Crippen molar-refractivity contribution >= 4 is 21.9 Å². The Morgan fingerprint density at radius 3 is 2.48 bits per heavy atom. The van der Waals surface area contributed by atoms with Crippen molar-refractivity contribution in [3.8, 4) is 11.5 Å². The second-order valence-corrected chi connectivity index (χ2v) is 6.59. The Kier molecular flexibility index (Phi) is 5.14. The summed E-state index contributed by atoms with van der Waals surface area (Å²) >= 11 is 3.53. The molecule has 1 aliphatic heterocycles. The zero-order valence-corrected chi connectivity index (χ0v) is 14.2. The van der Waals surface area contributed by atoms with Gasteiger partial charge in [-0.25, -0.2) is 0 Å². The predicted molar refractivity (Wildman–Crippen MR) is 84.3 cm³/mol. The number of carboxylic acids is 1. The lowest BCUT2D eigenvalue weighted by Gasteiger charge is -2.21. The Morgan fingerprint density at radius 1 is 1.29 bits per heavy atom. The standard InChI is InChI=1S/C16H21BrO4/c1-9(2)13-11(7-10(3)16(18)19)8-12(17)14-15(13)21-6-4-5-20-14/h8-10H,4-7H2,1-3H3,(H,18,19). The molecule has 0 radical (unpaired) electrons. The molecule has 0 spiro atoms. The fourth-order valence-electron chi connectivity index (χ4n) is 2.58. The number of ether oxygens (including phenoxy) is 2. The molecule has 116 valence electrons. The predicted octanol–water partition coefficient (Wildman–Crippen LogP) is 4.00. The van der Waals surface area contributed by atoms with Crippen LogP contribution in [0.5, 0.6) is 11.5 Å². The molecule has 21 heavy (non-hydrogen) atoms. The molecule has 1 aromatic rings. The van der Waals surface area contributed by atoms with Crippen LogP contribution < -0.4 is 9.47 Å². The first kappa shape index (κ1) is 16.1. The van der Waals surface area contributed by atoms with E-state index in [0.717, 1.165) is 33.5 Å². The minimum atomic E-state index is -0.784. The first-order valence-electron chi connectivity index (χ1n) is 7.25. The fourth-order valence-corrected chi connectivity index (χ4v) is 3.15. The quantitative estimate of drug-likeness (QED) is 0.885. The van der Waals surface area contributed by atoms with Crippen molar-refractivity contribution in [2.45, 2.75) is 39.5 Å². The van der Waals surface area contributed by atoms with E-state index in [-0.39, 0.29) is 5.92 Å². The summed E-state index contributed by atoms with van der Waals surface area (Å²) < 4.78 is 12.5. The van der Waals surface area contributed by atoms with E-state index >= 15 is 0 Å². The highest BCUT2D eigenvalue weighted by atomic mass is 79.9. The van der Waals surface area contributed by atoms with E-state index in [9.17, 15) is 4.79 Å².